The molecule has 1 fully saturated rings. The van der Waals surface area contributed by atoms with Crippen LogP contribution in [0.4, 0.5) is 0 Å². The van der Waals surface area contributed by atoms with E-state index in [0.29, 0.717) is 5.92 Å². The SMILES string of the molecule is O=C1c2cccn2C2=C(C=CCC2)OC1CCN1CCC(c2ccc(Cl)cc2)CC1. The van der Waals surface area contributed by atoms with Gasteiger partial charge >= 0.3 is 0 Å². The highest BCUT2D eigenvalue weighted by molar-refractivity contribution is 6.30. The number of halogens is 1. The molecule has 5 heteroatoms. The number of carbonyl (C=O) groups is 1. The van der Waals surface area contributed by atoms with Gasteiger partial charge in [0.05, 0.1) is 11.4 Å². The summed E-state index contributed by atoms with van der Waals surface area (Å²) < 4.78 is 8.27. The fourth-order valence-corrected chi connectivity index (χ4v) is 5.01. The molecule has 1 aromatic heterocycles. The van der Waals surface area contributed by atoms with Crippen LogP contribution in [-0.4, -0.2) is 41.0 Å². The van der Waals surface area contributed by atoms with Crippen LogP contribution in [0.3, 0.4) is 0 Å². The molecule has 156 valence electrons. The number of hydrogen-bond donors (Lipinski definition) is 0. The molecule has 4 nitrogen and oxygen atoms in total. The first-order valence-corrected chi connectivity index (χ1v) is 11.3. The van der Waals surface area contributed by atoms with E-state index in [0.717, 1.165) is 73.9 Å². The summed E-state index contributed by atoms with van der Waals surface area (Å²) in [6.45, 7) is 2.99. The molecule has 0 bridgehead atoms. The zero-order valence-electron chi connectivity index (χ0n) is 17.1. The topological polar surface area (TPSA) is 34.5 Å². The molecular weight excluding hydrogens is 396 g/mol. The molecule has 30 heavy (non-hydrogen) atoms. The summed E-state index contributed by atoms with van der Waals surface area (Å²) in [4.78, 5) is 15.6. The Morgan fingerprint density at radius 3 is 2.70 bits per heavy atom. The summed E-state index contributed by atoms with van der Waals surface area (Å²) in [5, 5.41) is 0.793. The third-order valence-electron chi connectivity index (χ3n) is 6.59. The fraction of sp³-hybridized carbons (Fsp3) is 0.400. The second-order valence-corrected chi connectivity index (χ2v) is 8.88. The van der Waals surface area contributed by atoms with Gasteiger partial charge in [0.25, 0.3) is 0 Å². The number of nitrogens with zero attached hydrogens (tertiary/aromatic N) is 2. The molecule has 1 atom stereocenters. The van der Waals surface area contributed by atoms with Crippen LogP contribution in [-0.2, 0) is 4.74 Å². The highest BCUT2D eigenvalue weighted by Gasteiger charge is 2.31. The smallest absolute Gasteiger partial charge is 0.219 e. The molecule has 3 heterocycles. The number of fused-ring (bicyclic) bond motifs is 2. The summed E-state index contributed by atoms with van der Waals surface area (Å²) in [6, 6.07) is 12.1. The van der Waals surface area contributed by atoms with Gasteiger partial charge in [-0.1, -0.05) is 29.8 Å². The maximum absolute atomic E-state index is 13.2. The lowest BCUT2D eigenvalue weighted by Gasteiger charge is -2.33. The molecule has 0 saturated carbocycles. The Labute approximate surface area is 182 Å². The van der Waals surface area contributed by atoms with E-state index in [1.165, 1.54) is 5.56 Å². The number of carbonyl (C=O) groups excluding carboxylic acids is 1. The van der Waals surface area contributed by atoms with Gasteiger partial charge in [0.15, 0.2) is 6.10 Å². The highest BCUT2D eigenvalue weighted by Crippen LogP contribution is 2.32. The van der Waals surface area contributed by atoms with Crippen molar-refractivity contribution < 1.29 is 9.53 Å². The van der Waals surface area contributed by atoms with Crippen molar-refractivity contribution in [1.29, 1.82) is 0 Å². The van der Waals surface area contributed by atoms with Crippen LogP contribution < -0.4 is 0 Å². The quantitative estimate of drug-likeness (QED) is 0.651. The standard InChI is InChI=1S/C25H27ClN2O2/c26-20-9-7-18(8-10-20)19-11-15-27(16-12-19)17-13-24-25(29)22-5-3-14-28(22)21-4-1-2-6-23(21)30-24/h2-3,5-10,14,19,24H,1,4,11-13,15-17H2. The second kappa shape index (κ2) is 8.44. The van der Waals surface area contributed by atoms with Gasteiger partial charge in [0, 0.05) is 24.2 Å². The number of ketones is 1. The van der Waals surface area contributed by atoms with Gasteiger partial charge in [-0.05, 0) is 80.6 Å². The van der Waals surface area contributed by atoms with Crippen molar-refractivity contribution >= 4 is 23.1 Å². The molecule has 1 unspecified atom stereocenters. The van der Waals surface area contributed by atoms with Crippen LogP contribution in [0.2, 0.25) is 5.02 Å². The van der Waals surface area contributed by atoms with Crippen molar-refractivity contribution in [2.24, 2.45) is 0 Å². The number of Topliss-reactive ketones (excluding diaryl/α,β-unsaturated/α-hetero) is 1. The third kappa shape index (κ3) is 3.86. The third-order valence-corrected chi connectivity index (χ3v) is 6.84. The van der Waals surface area contributed by atoms with E-state index in [4.69, 9.17) is 16.3 Å². The predicted molar refractivity (Wildman–Crippen MR) is 120 cm³/mol. The summed E-state index contributed by atoms with van der Waals surface area (Å²) in [5.41, 5.74) is 3.24. The average Bonchev–Trinajstić information content (AvgIpc) is 3.23. The Morgan fingerprint density at radius 2 is 1.90 bits per heavy atom. The molecule has 0 amide bonds. The normalized spacial score (nSPS) is 22.4. The van der Waals surface area contributed by atoms with Crippen molar-refractivity contribution in [3.63, 3.8) is 0 Å². The zero-order valence-corrected chi connectivity index (χ0v) is 17.9. The Bertz CT molecular complexity index is 981. The predicted octanol–water partition coefficient (Wildman–Crippen LogP) is 5.51. The molecule has 2 aliphatic heterocycles. The van der Waals surface area contributed by atoms with E-state index in [1.54, 1.807) is 0 Å². The van der Waals surface area contributed by atoms with Gasteiger partial charge in [-0.2, -0.15) is 0 Å². The van der Waals surface area contributed by atoms with Crippen LogP contribution in [0, 0.1) is 0 Å². The number of piperidine rings is 1. The van der Waals surface area contributed by atoms with Crippen molar-refractivity contribution in [2.45, 2.75) is 44.1 Å². The number of hydrogen-bond acceptors (Lipinski definition) is 3. The van der Waals surface area contributed by atoms with E-state index in [2.05, 4.69) is 23.1 Å². The van der Waals surface area contributed by atoms with E-state index in [9.17, 15) is 4.79 Å². The summed E-state index contributed by atoms with van der Waals surface area (Å²) >= 11 is 6.02. The monoisotopic (exact) mass is 422 g/mol. The molecule has 0 N–H and O–H groups in total. The molecule has 5 rings (SSSR count). The molecular formula is C25H27ClN2O2. The van der Waals surface area contributed by atoms with Crippen LogP contribution in [0.1, 0.15) is 54.1 Å². The van der Waals surface area contributed by atoms with Gasteiger partial charge in [0.2, 0.25) is 5.78 Å². The van der Waals surface area contributed by atoms with E-state index in [-0.39, 0.29) is 5.78 Å². The number of likely N-dealkylation sites (tertiary alicyclic amines) is 1. The van der Waals surface area contributed by atoms with Gasteiger partial charge in [-0.15, -0.1) is 0 Å². The number of rotatable bonds is 4. The minimum atomic E-state index is -0.414. The molecule has 0 radical (unpaired) electrons. The fourth-order valence-electron chi connectivity index (χ4n) is 4.88. The van der Waals surface area contributed by atoms with Gasteiger partial charge in [-0.3, -0.25) is 4.79 Å². The minimum Gasteiger partial charge on any atom is -0.480 e. The molecule has 1 aliphatic carbocycles. The Kier molecular flexibility index (Phi) is 5.53. The first-order valence-electron chi connectivity index (χ1n) is 10.9. The summed E-state index contributed by atoms with van der Waals surface area (Å²) in [5.74, 6) is 1.55. The van der Waals surface area contributed by atoms with E-state index < -0.39 is 6.10 Å². The van der Waals surface area contributed by atoms with E-state index >= 15 is 0 Å². The van der Waals surface area contributed by atoms with Crippen molar-refractivity contribution in [3.8, 4) is 0 Å². The molecule has 1 saturated heterocycles. The van der Waals surface area contributed by atoms with Gasteiger partial charge < -0.3 is 14.2 Å². The zero-order chi connectivity index (χ0) is 20.5. The van der Waals surface area contributed by atoms with Crippen LogP contribution in [0.25, 0.3) is 5.70 Å². The summed E-state index contributed by atoms with van der Waals surface area (Å²) in [6.07, 6.45) is 10.6. The number of aromatic nitrogens is 1. The van der Waals surface area contributed by atoms with Gasteiger partial charge in [0.1, 0.15) is 5.76 Å². The minimum absolute atomic E-state index is 0.0962. The number of benzene rings is 1. The summed E-state index contributed by atoms with van der Waals surface area (Å²) in [7, 11) is 0. The average molecular weight is 423 g/mol. The number of allylic oxidation sites excluding steroid dienone is 3. The molecule has 3 aliphatic rings. The highest BCUT2D eigenvalue weighted by atomic mass is 35.5. The first kappa shape index (κ1) is 19.7. The molecule has 1 aromatic carbocycles. The van der Waals surface area contributed by atoms with Crippen molar-refractivity contribution in [1.82, 2.24) is 9.47 Å². The van der Waals surface area contributed by atoms with Crippen LogP contribution >= 0.6 is 11.6 Å². The van der Waals surface area contributed by atoms with Crippen LogP contribution in [0.15, 0.2) is 60.5 Å². The maximum Gasteiger partial charge on any atom is 0.219 e. The Morgan fingerprint density at radius 1 is 1.10 bits per heavy atom. The van der Waals surface area contributed by atoms with Gasteiger partial charge in [-0.25, -0.2) is 0 Å². The number of ether oxygens (including phenoxy) is 1. The lowest BCUT2D eigenvalue weighted by atomic mass is 9.89. The lowest BCUT2D eigenvalue weighted by Crippen LogP contribution is -2.36. The Hall–Kier alpha value is -2.30. The Balaban J connectivity index is 1.22. The molecule has 2 aromatic rings. The lowest BCUT2D eigenvalue weighted by molar-refractivity contribution is 0.0605. The van der Waals surface area contributed by atoms with Crippen molar-refractivity contribution in [2.75, 3.05) is 19.6 Å². The first-order chi connectivity index (χ1) is 14.7. The second-order valence-electron chi connectivity index (χ2n) is 8.44. The van der Waals surface area contributed by atoms with Crippen molar-refractivity contribution in [3.05, 3.63) is 76.8 Å². The van der Waals surface area contributed by atoms with Crippen LogP contribution in [0.5, 0.6) is 0 Å². The largest absolute Gasteiger partial charge is 0.480 e. The van der Waals surface area contributed by atoms with E-state index in [1.807, 2.05) is 41.1 Å². The maximum atomic E-state index is 13.2. The molecule has 0 spiro atoms.